The number of aromatic nitrogens is 1. The Morgan fingerprint density at radius 3 is 2.80 bits per heavy atom. The number of carbonyl (C=O) groups is 1. The molecule has 20 heavy (non-hydrogen) atoms. The fraction of sp³-hybridized carbons (Fsp3) is 0.500. The molecule has 2 unspecified atom stereocenters. The molecule has 2 heterocycles. The second-order valence-electron chi connectivity index (χ2n) is 4.41. The van der Waals surface area contributed by atoms with Crippen LogP contribution in [0.3, 0.4) is 0 Å². The Labute approximate surface area is 112 Å². The average Bonchev–Trinajstić information content (AvgIpc) is 2.38. The average molecular weight is 290 g/mol. The maximum atomic E-state index is 13.2. The molecule has 0 amide bonds. The van der Waals surface area contributed by atoms with Crippen LogP contribution in [-0.2, 0) is 9.47 Å². The van der Waals surface area contributed by atoms with Gasteiger partial charge in [0, 0.05) is 25.6 Å². The van der Waals surface area contributed by atoms with E-state index in [0.717, 1.165) is 0 Å². The summed E-state index contributed by atoms with van der Waals surface area (Å²) < 4.78 is 48.8. The highest BCUT2D eigenvalue weighted by Gasteiger charge is 2.57. The van der Waals surface area contributed by atoms with Gasteiger partial charge in [0.2, 0.25) is 0 Å². The summed E-state index contributed by atoms with van der Waals surface area (Å²) in [6.45, 7) is -0.284. The minimum atomic E-state index is -4.84. The van der Waals surface area contributed by atoms with Gasteiger partial charge in [-0.2, -0.15) is 13.2 Å². The molecule has 1 aromatic heterocycles. The van der Waals surface area contributed by atoms with Gasteiger partial charge in [-0.25, -0.2) is 0 Å². The van der Waals surface area contributed by atoms with Crippen LogP contribution in [0.4, 0.5) is 18.0 Å². The van der Waals surface area contributed by atoms with Crippen LogP contribution in [0.15, 0.2) is 24.4 Å². The zero-order valence-corrected chi connectivity index (χ0v) is 10.2. The van der Waals surface area contributed by atoms with Gasteiger partial charge in [0.15, 0.2) is 5.60 Å². The monoisotopic (exact) mass is 290 g/mol. The van der Waals surface area contributed by atoms with Crippen LogP contribution in [0.5, 0.6) is 0 Å². The van der Waals surface area contributed by atoms with Crippen molar-refractivity contribution in [3.8, 4) is 0 Å². The lowest BCUT2D eigenvalue weighted by Crippen LogP contribution is -2.54. The Bertz CT molecular complexity index is 479. The molecular formula is C12H11F3NO4-. The van der Waals surface area contributed by atoms with Crippen molar-refractivity contribution in [2.45, 2.75) is 30.7 Å². The van der Waals surface area contributed by atoms with Gasteiger partial charge < -0.3 is 19.4 Å². The maximum absolute atomic E-state index is 13.2. The topological polar surface area (TPSA) is 71.5 Å². The van der Waals surface area contributed by atoms with Crippen LogP contribution < -0.4 is 5.11 Å². The van der Waals surface area contributed by atoms with Gasteiger partial charge in [0.25, 0.3) is 6.16 Å². The number of carbonyl (C=O) groups excluding carboxylic acids is 1. The molecule has 8 heteroatoms. The first-order valence-corrected chi connectivity index (χ1v) is 5.83. The first kappa shape index (κ1) is 14.6. The van der Waals surface area contributed by atoms with E-state index in [9.17, 15) is 23.1 Å². The van der Waals surface area contributed by atoms with E-state index in [2.05, 4.69) is 9.72 Å². The summed E-state index contributed by atoms with van der Waals surface area (Å²) >= 11 is 0. The van der Waals surface area contributed by atoms with E-state index in [-0.39, 0.29) is 6.61 Å². The first-order valence-electron chi connectivity index (χ1n) is 5.83. The fourth-order valence-electron chi connectivity index (χ4n) is 2.15. The van der Waals surface area contributed by atoms with E-state index < -0.39 is 36.9 Å². The second kappa shape index (κ2) is 5.28. The zero-order chi connectivity index (χ0) is 14.8. The van der Waals surface area contributed by atoms with E-state index >= 15 is 0 Å². The number of rotatable bonds is 2. The van der Waals surface area contributed by atoms with Crippen molar-refractivity contribution in [1.82, 2.24) is 4.98 Å². The van der Waals surface area contributed by atoms with Crippen molar-refractivity contribution < 1.29 is 32.5 Å². The molecule has 1 aliphatic rings. The quantitative estimate of drug-likeness (QED) is 0.773. The number of pyridine rings is 1. The summed E-state index contributed by atoms with van der Waals surface area (Å²) in [5.74, 6) is 0. The lowest BCUT2D eigenvalue weighted by Gasteiger charge is -2.44. The molecule has 0 aromatic carbocycles. The third-order valence-electron chi connectivity index (χ3n) is 3.15. The molecule has 0 N–H and O–H groups in total. The van der Waals surface area contributed by atoms with Crippen molar-refractivity contribution in [3.63, 3.8) is 0 Å². The molecule has 5 nitrogen and oxygen atoms in total. The highest BCUT2D eigenvalue weighted by Crippen LogP contribution is 2.46. The zero-order valence-electron chi connectivity index (χ0n) is 10.2. The molecule has 1 fully saturated rings. The lowest BCUT2D eigenvalue weighted by molar-refractivity contribution is -0.344. The number of hydrogen-bond acceptors (Lipinski definition) is 5. The largest absolute Gasteiger partial charge is 0.533 e. The predicted octanol–water partition coefficient (Wildman–Crippen LogP) is 1.59. The molecule has 0 aliphatic carbocycles. The molecule has 0 spiro atoms. The third kappa shape index (κ3) is 2.84. The molecule has 110 valence electrons. The second-order valence-corrected chi connectivity index (χ2v) is 4.41. The van der Waals surface area contributed by atoms with E-state index in [1.54, 1.807) is 12.1 Å². The molecule has 1 saturated heterocycles. The van der Waals surface area contributed by atoms with Crippen molar-refractivity contribution in [2.24, 2.45) is 0 Å². The summed E-state index contributed by atoms with van der Waals surface area (Å²) in [5, 5.41) is 10.5. The Hall–Kier alpha value is -1.83. The number of ether oxygens (including phenoxy) is 2. The molecule has 0 bridgehead atoms. The summed E-state index contributed by atoms with van der Waals surface area (Å²) in [7, 11) is 0. The molecule has 2 rings (SSSR count). The molecular weight excluding hydrogens is 279 g/mol. The van der Waals surface area contributed by atoms with E-state index in [0.29, 0.717) is 5.69 Å². The van der Waals surface area contributed by atoms with Crippen LogP contribution >= 0.6 is 0 Å². The first-order chi connectivity index (χ1) is 9.34. The van der Waals surface area contributed by atoms with Crippen molar-refractivity contribution in [2.75, 3.05) is 6.61 Å². The number of halogens is 3. The van der Waals surface area contributed by atoms with Crippen LogP contribution in [-0.4, -0.2) is 29.5 Å². The predicted molar refractivity (Wildman–Crippen MR) is 57.4 cm³/mol. The van der Waals surface area contributed by atoms with Gasteiger partial charge >= 0.3 is 6.18 Å². The van der Waals surface area contributed by atoms with Gasteiger partial charge in [-0.15, -0.1) is 0 Å². The minimum absolute atomic E-state index is 0.284. The molecule has 1 aliphatic heterocycles. The van der Waals surface area contributed by atoms with Crippen molar-refractivity contribution >= 4 is 6.16 Å². The summed E-state index contributed by atoms with van der Waals surface area (Å²) in [6, 6.07) is 4.73. The number of carboxylic acid groups (broad SMARTS) is 1. The molecule has 0 radical (unpaired) electrons. The Morgan fingerprint density at radius 1 is 1.50 bits per heavy atom. The van der Waals surface area contributed by atoms with Crippen molar-refractivity contribution in [1.29, 1.82) is 0 Å². The Kier molecular flexibility index (Phi) is 3.85. The minimum Gasteiger partial charge on any atom is -0.533 e. The van der Waals surface area contributed by atoms with Crippen LogP contribution in [0.25, 0.3) is 0 Å². The van der Waals surface area contributed by atoms with Crippen LogP contribution in [0, 0.1) is 0 Å². The van der Waals surface area contributed by atoms with Crippen LogP contribution in [0.2, 0.25) is 0 Å². The summed E-state index contributed by atoms with van der Waals surface area (Å²) in [5.41, 5.74) is -2.52. The number of hydrogen-bond donors (Lipinski definition) is 0. The van der Waals surface area contributed by atoms with E-state index in [1.807, 2.05) is 0 Å². The maximum Gasteiger partial charge on any atom is 0.411 e. The normalized spacial score (nSPS) is 27.1. The van der Waals surface area contributed by atoms with Gasteiger partial charge in [-0.3, -0.25) is 4.98 Å². The van der Waals surface area contributed by atoms with Gasteiger partial charge in [-0.05, 0) is 12.1 Å². The number of alkyl halides is 3. The van der Waals surface area contributed by atoms with Gasteiger partial charge in [0.1, 0.15) is 6.10 Å². The Morgan fingerprint density at radius 2 is 2.25 bits per heavy atom. The molecule has 2 atom stereocenters. The standard InChI is InChI=1S/C12H12F3NO4/c13-12(14,15)11(20-10(17)18)4-6-19-9(7-11)8-3-1-2-5-16-8/h1-3,5,9H,4,6-7H2,(H,17,18)/p-1. The summed E-state index contributed by atoms with van der Waals surface area (Å²) in [6.07, 6.45) is -7.89. The molecule has 1 aromatic rings. The smallest absolute Gasteiger partial charge is 0.411 e. The highest BCUT2D eigenvalue weighted by atomic mass is 19.4. The lowest BCUT2D eigenvalue weighted by atomic mass is 9.88. The van der Waals surface area contributed by atoms with Crippen LogP contribution in [0.1, 0.15) is 24.6 Å². The summed E-state index contributed by atoms with van der Waals surface area (Å²) in [4.78, 5) is 14.4. The number of nitrogens with zero attached hydrogens (tertiary/aromatic N) is 1. The van der Waals surface area contributed by atoms with Crippen molar-refractivity contribution in [3.05, 3.63) is 30.1 Å². The third-order valence-corrected chi connectivity index (χ3v) is 3.15. The van der Waals surface area contributed by atoms with Gasteiger partial charge in [-0.1, -0.05) is 6.07 Å². The fourth-order valence-corrected chi connectivity index (χ4v) is 2.15. The van der Waals surface area contributed by atoms with E-state index in [4.69, 9.17) is 4.74 Å². The molecule has 0 saturated carbocycles. The Balaban J connectivity index is 2.28. The SMILES string of the molecule is O=C([O-])OC1(C(F)(F)F)CCOC(c2ccccn2)C1. The van der Waals surface area contributed by atoms with Gasteiger partial charge in [0.05, 0.1) is 5.69 Å². The highest BCUT2D eigenvalue weighted by molar-refractivity contribution is 5.55. The van der Waals surface area contributed by atoms with E-state index in [1.165, 1.54) is 12.3 Å².